The molecule has 2 aromatic carbocycles. The van der Waals surface area contributed by atoms with Crippen molar-refractivity contribution in [2.45, 2.75) is 0 Å². The highest BCUT2D eigenvalue weighted by Gasteiger charge is 2.18. The van der Waals surface area contributed by atoms with E-state index in [0.717, 1.165) is 0 Å². The van der Waals surface area contributed by atoms with Gasteiger partial charge in [-0.25, -0.2) is 0 Å². The largest absolute Gasteiger partial charge is 0.496 e. The molecule has 0 N–H and O–H groups in total. The van der Waals surface area contributed by atoms with Crippen molar-refractivity contribution in [3.05, 3.63) is 57.6 Å². The molecule has 0 radical (unpaired) electrons. The molecule has 0 spiro atoms. The van der Waals surface area contributed by atoms with Crippen molar-refractivity contribution in [1.29, 1.82) is 0 Å². The zero-order chi connectivity index (χ0) is 17.7. The van der Waals surface area contributed by atoms with Crippen molar-refractivity contribution in [2.24, 2.45) is 0 Å². The number of hydrogen-bond donors (Lipinski definition) is 0. The van der Waals surface area contributed by atoms with Gasteiger partial charge in [0.1, 0.15) is 22.8 Å². The molecule has 0 fully saturated rings. The van der Waals surface area contributed by atoms with Crippen molar-refractivity contribution >= 4 is 35.1 Å². The summed E-state index contributed by atoms with van der Waals surface area (Å²) in [4.78, 5) is 12.6. The second-order valence-corrected chi connectivity index (χ2v) is 5.55. The smallest absolute Gasteiger partial charge is 0.193 e. The van der Waals surface area contributed by atoms with Gasteiger partial charge in [-0.15, -0.1) is 0 Å². The summed E-state index contributed by atoms with van der Waals surface area (Å²) in [5.41, 5.74) is 0.862. The Morgan fingerprint density at radius 1 is 0.958 bits per heavy atom. The molecule has 4 nitrogen and oxygen atoms in total. The van der Waals surface area contributed by atoms with Crippen LogP contribution in [0.5, 0.6) is 17.2 Å². The van der Waals surface area contributed by atoms with Gasteiger partial charge in [-0.05, 0) is 24.3 Å². The Bertz CT molecular complexity index is 739. The lowest BCUT2D eigenvalue weighted by Gasteiger charge is -2.13. The lowest BCUT2D eigenvalue weighted by molar-refractivity contribution is 0.104. The molecule has 0 bridgehead atoms. The van der Waals surface area contributed by atoms with Gasteiger partial charge in [-0.2, -0.15) is 0 Å². The van der Waals surface area contributed by atoms with Gasteiger partial charge in [0.2, 0.25) is 0 Å². The van der Waals surface area contributed by atoms with Gasteiger partial charge >= 0.3 is 0 Å². The van der Waals surface area contributed by atoms with E-state index < -0.39 is 0 Å². The Balaban J connectivity index is 2.44. The third-order valence-corrected chi connectivity index (χ3v) is 4.02. The Kier molecular flexibility index (Phi) is 6.12. The lowest BCUT2D eigenvalue weighted by atomic mass is 10.1. The van der Waals surface area contributed by atoms with E-state index in [1.807, 2.05) is 0 Å². The van der Waals surface area contributed by atoms with E-state index in [2.05, 4.69) is 0 Å². The highest BCUT2D eigenvalue weighted by molar-refractivity contribution is 6.37. The molecule has 2 rings (SSSR count). The van der Waals surface area contributed by atoms with Gasteiger partial charge in [0.25, 0.3) is 0 Å². The zero-order valence-corrected chi connectivity index (χ0v) is 14.9. The maximum absolute atomic E-state index is 12.6. The fraction of sp³-hybridized carbons (Fsp3) is 0.167. The molecule has 0 saturated carbocycles. The minimum Gasteiger partial charge on any atom is -0.496 e. The van der Waals surface area contributed by atoms with Crippen LogP contribution in [0.2, 0.25) is 10.0 Å². The molecule has 24 heavy (non-hydrogen) atoms. The summed E-state index contributed by atoms with van der Waals surface area (Å²) in [5.74, 6) is 0.929. The Hall–Kier alpha value is -2.17. The Morgan fingerprint density at radius 2 is 1.50 bits per heavy atom. The number of benzene rings is 2. The van der Waals surface area contributed by atoms with E-state index in [9.17, 15) is 4.79 Å². The second-order valence-electron chi connectivity index (χ2n) is 4.74. The van der Waals surface area contributed by atoms with Crippen LogP contribution in [0.3, 0.4) is 0 Å². The number of carbonyl (C=O) groups is 1. The number of hydrogen-bond acceptors (Lipinski definition) is 4. The molecule has 0 aliphatic heterocycles. The molecular weight excluding hydrogens is 351 g/mol. The quantitative estimate of drug-likeness (QED) is 0.537. The number of halogens is 2. The number of ketones is 1. The molecule has 0 heterocycles. The van der Waals surface area contributed by atoms with Crippen LogP contribution in [0.4, 0.5) is 0 Å². The maximum Gasteiger partial charge on any atom is 0.193 e. The number of methoxy groups -OCH3 is 3. The number of allylic oxidation sites excluding steroid dienone is 1. The first kappa shape index (κ1) is 18.2. The van der Waals surface area contributed by atoms with Crippen molar-refractivity contribution in [3.63, 3.8) is 0 Å². The maximum atomic E-state index is 12.6. The Labute approximate surface area is 150 Å². The third kappa shape index (κ3) is 3.83. The molecule has 126 valence electrons. The summed E-state index contributed by atoms with van der Waals surface area (Å²) < 4.78 is 15.7. The average molecular weight is 367 g/mol. The van der Waals surface area contributed by atoms with E-state index in [1.165, 1.54) is 27.4 Å². The SMILES string of the molecule is COc1cc(OC)c(C(=O)/C=C/c2c(Cl)cccc2Cl)c(OC)c1. The normalized spacial score (nSPS) is 10.7. The fourth-order valence-corrected chi connectivity index (χ4v) is 2.68. The highest BCUT2D eigenvalue weighted by Crippen LogP contribution is 2.35. The number of carbonyl (C=O) groups excluding carboxylic acids is 1. The topological polar surface area (TPSA) is 44.8 Å². The van der Waals surface area contributed by atoms with Crippen LogP contribution >= 0.6 is 23.2 Å². The van der Waals surface area contributed by atoms with Crippen LogP contribution in [0.1, 0.15) is 15.9 Å². The Morgan fingerprint density at radius 3 is 1.96 bits per heavy atom. The average Bonchev–Trinajstić information content (AvgIpc) is 2.59. The predicted octanol–water partition coefficient (Wildman–Crippen LogP) is 4.92. The first-order chi connectivity index (χ1) is 11.5. The summed E-state index contributed by atoms with van der Waals surface area (Å²) in [7, 11) is 4.47. The molecule has 0 saturated heterocycles. The summed E-state index contributed by atoms with van der Waals surface area (Å²) in [6, 6.07) is 8.37. The predicted molar refractivity (Wildman–Crippen MR) is 95.9 cm³/mol. The van der Waals surface area contributed by atoms with Gasteiger partial charge in [0, 0.05) is 27.7 Å². The number of ether oxygens (including phenoxy) is 3. The van der Waals surface area contributed by atoms with Gasteiger partial charge in [0.15, 0.2) is 5.78 Å². The van der Waals surface area contributed by atoms with E-state index in [1.54, 1.807) is 36.4 Å². The van der Waals surface area contributed by atoms with Gasteiger partial charge in [-0.1, -0.05) is 29.3 Å². The van der Waals surface area contributed by atoms with Crippen LogP contribution in [-0.4, -0.2) is 27.1 Å². The van der Waals surface area contributed by atoms with Crippen LogP contribution in [-0.2, 0) is 0 Å². The molecule has 0 aliphatic carbocycles. The fourth-order valence-electron chi connectivity index (χ4n) is 2.16. The first-order valence-corrected chi connectivity index (χ1v) is 7.73. The third-order valence-electron chi connectivity index (χ3n) is 3.36. The molecule has 2 aromatic rings. The molecule has 0 atom stereocenters. The van der Waals surface area contributed by atoms with E-state index >= 15 is 0 Å². The second kappa shape index (κ2) is 8.08. The summed E-state index contributed by atoms with van der Waals surface area (Å²) in [6.45, 7) is 0. The van der Waals surface area contributed by atoms with E-state index in [4.69, 9.17) is 37.4 Å². The van der Waals surface area contributed by atoms with Crippen LogP contribution in [0.25, 0.3) is 6.08 Å². The van der Waals surface area contributed by atoms with Gasteiger partial charge in [-0.3, -0.25) is 4.79 Å². The highest BCUT2D eigenvalue weighted by atomic mass is 35.5. The van der Waals surface area contributed by atoms with E-state index in [-0.39, 0.29) is 5.78 Å². The van der Waals surface area contributed by atoms with E-state index in [0.29, 0.717) is 38.4 Å². The summed E-state index contributed by atoms with van der Waals surface area (Å²) >= 11 is 12.2. The molecule has 0 unspecified atom stereocenters. The molecule has 0 aliphatic rings. The molecule has 6 heteroatoms. The first-order valence-electron chi connectivity index (χ1n) is 6.98. The van der Waals surface area contributed by atoms with Crippen molar-refractivity contribution in [3.8, 4) is 17.2 Å². The van der Waals surface area contributed by atoms with Crippen molar-refractivity contribution in [2.75, 3.05) is 21.3 Å². The lowest BCUT2D eigenvalue weighted by Crippen LogP contribution is -2.03. The molecular formula is C18H16Cl2O4. The molecule has 0 aromatic heterocycles. The van der Waals surface area contributed by atoms with Crippen LogP contribution < -0.4 is 14.2 Å². The summed E-state index contributed by atoms with van der Waals surface area (Å²) in [5, 5.41) is 0.917. The van der Waals surface area contributed by atoms with Gasteiger partial charge < -0.3 is 14.2 Å². The van der Waals surface area contributed by atoms with Crippen molar-refractivity contribution < 1.29 is 19.0 Å². The zero-order valence-electron chi connectivity index (χ0n) is 13.4. The van der Waals surface area contributed by atoms with Gasteiger partial charge in [0.05, 0.1) is 21.3 Å². The number of rotatable bonds is 6. The molecule has 0 amide bonds. The van der Waals surface area contributed by atoms with Crippen molar-refractivity contribution in [1.82, 2.24) is 0 Å². The standard InChI is InChI=1S/C18H16Cl2O4/c1-22-11-9-16(23-2)18(17(10-11)24-3)15(21)8-7-12-13(19)5-4-6-14(12)20/h4-10H,1-3H3/b8-7+. The van der Waals surface area contributed by atoms with Crippen LogP contribution in [0.15, 0.2) is 36.4 Å². The monoisotopic (exact) mass is 366 g/mol. The van der Waals surface area contributed by atoms with Crippen LogP contribution in [0, 0.1) is 0 Å². The minimum absolute atomic E-state index is 0.292. The minimum atomic E-state index is -0.303. The summed E-state index contributed by atoms with van der Waals surface area (Å²) in [6.07, 6.45) is 2.94.